The van der Waals surface area contributed by atoms with Crippen molar-refractivity contribution in [3.63, 3.8) is 0 Å². The number of benzene rings is 2. The van der Waals surface area contributed by atoms with Crippen molar-refractivity contribution in [3.8, 4) is 6.07 Å². The van der Waals surface area contributed by atoms with Crippen LogP contribution >= 0.6 is 0 Å². The molecule has 2 aromatic carbocycles. The maximum Gasteiger partial charge on any atom is 0.224 e. The molecule has 0 radical (unpaired) electrons. The number of para-hydroxylation sites is 1. The number of rotatable bonds is 4. The lowest BCUT2D eigenvalue weighted by Gasteiger charge is -2.17. The third kappa shape index (κ3) is 3.21. The van der Waals surface area contributed by atoms with Gasteiger partial charge in [0, 0.05) is 41.8 Å². The van der Waals surface area contributed by atoms with Gasteiger partial charge in [0.25, 0.3) is 0 Å². The van der Waals surface area contributed by atoms with E-state index < -0.39 is 6.10 Å². The summed E-state index contributed by atoms with van der Waals surface area (Å²) in [7, 11) is 1.89. The first kappa shape index (κ1) is 17.8. The topological polar surface area (TPSA) is 102 Å². The van der Waals surface area contributed by atoms with Gasteiger partial charge in [-0.15, -0.1) is 0 Å². The molecule has 1 atom stereocenters. The van der Waals surface area contributed by atoms with Gasteiger partial charge in [0.1, 0.15) is 12.2 Å². The van der Waals surface area contributed by atoms with Gasteiger partial charge in [-0.05, 0) is 36.2 Å². The molecule has 140 valence electrons. The summed E-state index contributed by atoms with van der Waals surface area (Å²) in [6.07, 6.45) is 1.78. The summed E-state index contributed by atoms with van der Waals surface area (Å²) in [5, 5.41) is 28.1. The number of aromatic nitrogens is 1. The summed E-state index contributed by atoms with van der Waals surface area (Å²) in [5.74, 6) is 0.0104. The van der Waals surface area contributed by atoms with Crippen LogP contribution in [0.25, 0.3) is 10.9 Å². The molecular formula is C21H19N5O2. The fourth-order valence-electron chi connectivity index (χ4n) is 3.46. The number of aryl methyl sites for hydroxylation is 2. The van der Waals surface area contributed by atoms with Crippen LogP contribution < -0.4 is 10.7 Å². The molecule has 1 amide bonds. The molecule has 0 bridgehead atoms. The van der Waals surface area contributed by atoms with Crippen LogP contribution in [-0.2, 0) is 18.3 Å². The van der Waals surface area contributed by atoms with E-state index in [4.69, 9.17) is 0 Å². The molecule has 0 saturated carbocycles. The van der Waals surface area contributed by atoms with Crippen LogP contribution in [-0.4, -0.2) is 21.3 Å². The Balaban J connectivity index is 1.59. The van der Waals surface area contributed by atoms with Gasteiger partial charge in [-0.3, -0.25) is 10.2 Å². The predicted molar refractivity (Wildman–Crippen MR) is 108 cm³/mol. The zero-order valence-corrected chi connectivity index (χ0v) is 15.3. The Morgan fingerprint density at radius 2 is 2.14 bits per heavy atom. The monoisotopic (exact) mass is 373 g/mol. The van der Waals surface area contributed by atoms with E-state index in [1.165, 1.54) is 0 Å². The Bertz CT molecular complexity index is 1140. The van der Waals surface area contributed by atoms with Gasteiger partial charge < -0.3 is 15.0 Å². The summed E-state index contributed by atoms with van der Waals surface area (Å²) < 4.78 is 1.91. The van der Waals surface area contributed by atoms with E-state index >= 15 is 0 Å². The number of nitrogens with one attached hydrogen (secondary N) is 2. The highest BCUT2D eigenvalue weighted by Gasteiger charge is 2.20. The average molecular weight is 373 g/mol. The second-order valence-corrected chi connectivity index (χ2v) is 6.76. The Kier molecular flexibility index (Phi) is 4.55. The van der Waals surface area contributed by atoms with Crippen molar-refractivity contribution in [3.05, 3.63) is 59.8 Å². The Morgan fingerprint density at radius 3 is 2.96 bits per heavy atom. The van der Waals surface area contributed by atoms with Gasteiger partial charge in [-0.25, -0.2) is 0 Å². The van der Waals surface area contributed by atoms with Gasteiger partial charge in [0.15, 0.2) is 5.71 Å². The van der Waals surface area contributed by atoms with E-state index in [0.717, 1.165) is 22.2 Å². The molecule has 3 aromatic rings. The quantitative estimate of drug-likeness (QED) is 0.483. The number of aliphatic hydroxyl groups is 1. The smallest absolute Gasteiger partial charge is 0.224 e. The third-order valence-corrected chi connectivity index (χ3v) is 4.90. The van der Waals surface area contributed by atoms with Crippen LogP contribution in [0.2, 0.25) is 0 Å². The molecule has 7 nitrogen and oxygen atoms in total. The first-order chi connectivity index (χ1) is 13.6. The normalized spacial score (nSPS) is 14.9. The number of hydrogen-bond donors (Lipinski definition) is 3. The molecule has 1 aliphatic rings. The lowest BCUT2D eigenvalue weighted by Crippen LogP contribution is -2.19. The minimum absolute atomic E-state index is 0.0104. The molecule has 0 aliphatic carbocycles. The van der Waals surface area contributed by atoms with E-state index in [1.807, 2.05) is 54.2 Å². The van der Waals surface area contributed by atoms with Crippen molar-refractivity contribution in [2.45, 2.75) is 18.9 Å². The molecule has 1 unspecified atom stereocenters. The molecule has 2 heterocycles. The van der Waals surface area contributed by atoms with Crippen molar-refractivity contribution in [2.75, 3.05) is 10.7 Å². The predicted octanol–water partition coefficient (Wildman–Crippen LogP) is 3.09. The number of hydrogen-bond acceptors (Lipinski definition) is 5. The van der Waals surface area contributed by atoms with E-state index in [0.29, 0.717) is 24.1 Å². The fraction of sp³-hybridized carbons (Fsp3) is 0.190. The van der Waals surface area contributed by atoms with E-state index in [1.54, 1.807) is 12.1 Å². The second kappa shape index (κ2) is 7.18. The first-order valence-corrected chi connectivity index (χ1v) is 8.95. The van der Waals surface area contributed by atoms with Gasteiger partial charge in [-0.1, -0.05) is 18.2 Å². The van der Waals surface area contributed by atoms with Crippen molar-refractivity contribution in [1.82, 2.24) is 4.57 Å². The maximum atomic E-state index is 11.5. The van der Waals surface area contributed by atoms with Crippen molar-refractivity contribution in [1.29, 1.82) is 5.26 Å². The SMILES string of the molecule is Cn1cc(C(O)/C(C#N)=N/Nc2ccc3c(c2)CCC(=O)N3)c2ccccc21. The van der Waals surface area contributed by atoms with Crippen molar-refractivity contribution in [2.24, 2.45) is 12.1 Å². The van der Waals surface area contributed by atoms with Crippen LogP contribution in [0, 0.1) is 11.3 Å². The number of carbonyl (C=O) groups excluding carboxylic acids is 1. The highest BCUT2D eigenvalue weighted by atomic mass is 16.3. The number of nitriles is 1. The lowest BCUT2D eigenvalue weighted by molar-refractivity contribution is -0.116. The molecule has 1 aliphatic heterocycles. The highest BCUT2D eigenvalue weighted by Crippen LogP contribution is 2.28. The number of carbonyl (C=O) groups is 1. The standard InChI is InChI=1S/C21H19N5O2/c1-26-12-16(15-4-2-3-5-19(15)26)21(28)18(11-22)25-24-14-7-8-17-13(10-14)6-9-20(27)23-17/h2-5,7-8,10,12,21,24,28H,6,9H2,1H3,(H,23,27)/b25-18+. The van der Waals surface area contributed by atoms with E-state index in [2.05, 4.69) is 15.8 Å². The van der Waals surface area contributed by atoms with Crippen LogP contribution in [0.3, 0.4) is 0 Å². The number of aliphatic hydroxyl groups excluding tert-OH is 1. The minimum Gasteiger partial charge on any atom is -0.381 e. The van der Waals surface area contributed by atoms with Crippen molar-refractivity contribution < 1.29 is 9.90 Å². The molecule has 0 saturated heterocycles. The number of hydrazone groups is 1. The highest BCUT2D eigenvalue weighted by molar-refractivity contribution is 6.05. The van der Waals surface area contributed by atoms with E-state index in [9.17, 15) is 15.2 Å². The maximum absolute atomic E-state index is 11.5. The van der Waals surface area contributed by atoms with Gasteiger partial charge in [0.05, 0.1) is 5.69 Å². The fourth-order valence-corrected chi connectivity index (χ4v) is 3.46. The average Bonchev–Trinajstić information content (AvgIpc) is 3.05. The van der Waals surface area contributed by atoms with Crippen molar-refractivity contribution >= 4 is 33.9 Å². The summed E-state index contributed by atoms with van der Waals surface area (Å²) in [5.41, 5.74) is 6.92. The van der Waals surface area contributed by atoms with Gasteiger partial charge in [-0.2, -0.15) is 10.4 Å². The molecule has 4 rings (SSSR count). The summed E-state index contributed by atoms with van der Waals surface area (Å²) in [6, 6.07) is 15.1. The Hall–Kier alpha value is -3.63. The zero-order valence-electron chi connectivity index (χ0n) is 15.3. The number of anilines is 2. The molecular weight excluding hydrogens is 354 g/mol. The second-order valence-electron chi connectivity index (χ2n) is 6.76. The summed E-state index contributed by atoms with van der Waals surface area (Å²) in [6.45, 7) is 0. The summed E-state index contributed by atoms with van der Waals surface area (Å²) in [4.78, 5) is 11.5. The number of nitrogens with zero attached hydrogens (tertiary/aromatic N) is 3. The van der Waals surface area contributed by atoms with Gasteiger partial charge >= 0.3 is 0 Å². The van der Waals surface area contributed by atoms with Crippen LogP contribution in [0.1, 0.15) is 23.7 Å². The molecule has 0 fully saturated rings. The zero-order chi connectivity index (χ0) is 19.7. The molecule has 28 heavy (non-hydrogen) atoms. The minimum atomic E-state index is -1.14. The summed E-state index contributed by atoms with van der Waals surface area (Å²) >= 11 is 0. The Labute approximate surface area is 161 Å². The number of fused-ring (bicyclic) bond motifs is 2. The van der Waals surface area contributed by atoms with Crippen LogP contribution in [0.4, 0.5) is 11.4 Å². The molecule has 0 spiro atoms. The Morgan fingerprint density at radius 1 is 1.32 bits per heavy atom. The van der Waals surface area contributed by atoms with E-state index in [-0.39, 0.29) is 11.6 Å². The van der Waals surface area contributed by atoms with Gasteiger partial charge in [0.2, 0.25) is 5.91 Å². The molecule has 3 N–H and O–H groups in total. The third-order valence-electron chi connectivity index (χ3n) is 4.90. The first-order valence-electron chi connectivity index (χ1n) is 8.95. The van der Waals surface area contributed by atoms with Crippen LogP contribution in [0.15, 0.2) is 53.8 Å². The number of amides is 1. The van der Waals surface area contributed by atoms with Crippen LogP contribution in [0.5, 0.6) is 0 Å². The molecule has 1 aromatic heterocycles. The largest absolute Gasteiger partial charge is 0.381 e. The lowest BCUT2D eigenvalue weighted by atomic mass is 10.0. The molecule has 7 heteroatoms.